The molecule has 1 fully saturated rings. The van der Waals surface area contributed by atoms with Crippen molar-refractivity contribution >= 4 is 17.4 Å². The van der Waals surface area contributed by atoms with E-state index in [2.05, 4.69) is 5.10 Å². The summed E-state index contributed by atoms with van der Waals surface area (Å²) in [6.45, 7) is 2.77. The third kappa shape index (κ3) is 3.23. The zero-order valence-corrected chi connectivity index (χ0v) is 13.1. The van der Waals surface area contributed by atoms with Gasteiger partial charge in [0.05, 0.1) is 22.8 Å². The molecule has 0 amide bonds. The first-order valence-corrected chi connectivity index (χ1v) is 7.87. The van der Waals surface area contributed by atoms with Gasteiger partial charge in [-0.25, -0.2) is 0 Å². The van der Waals surface area contributed by atoms with Crippen LogP contribution < -0.4 is 5.73 Å². The van der Waals surface area contributed by atoms with Crippen LogP contribution in [0.5, 0.6) is 0 Å². The number of rotatable bonds is 5. The average Bonchev–Trinajstić information content (AvgIpc) is 2.74. The standard InChI is InChI=1S/C15H24ClN3O/c1-3-12-15(16)13(19(2)18-12)8-14(20)11-6-4-10(9-17)5-7-11/h10-11H,3-9,17H2,1-2H3. The molecule has 0 atom stereocenters. The summed E-state index contributed by atoms with van der Waals surface area (Å²) < 4.78 is 1.75. The summed E-state index contributed by atoms with van der Waals surface area (Å²) in [5.74, 6) is 1.08. The van der Waals surface area contributed by atoms with Crippen LogP contribution in [0.3, 0.4) is 0 Å². The van der Waals surface area contributed by atoms with Gasteiger partial charge in [-0.1, -0.05) is 18.5 Å². The van der Waals surface area contributed by atoms with Crippen LogP contribution in [0.15, 0.2) is 0 Å². The Kier molecular flexibility index (Phi) is 5.22. The molecule has 2 N–H and O–H groups in total. The largest absolute Gasteiger partial charge is 0.330 e. The predicted molar refractivity (Wildman–Crippen MR) is 80.8 cm³/mol. The Morgan fingerprint density at radius 3 is 2.55 bits per heavy atom. The van der Waals surface area contributed by atoms with Crippen molar-refractivity contribution in [3.8, 4) is 0 Å². The topological polar surface area (TPSA) is 60.9 Å². The van der Waals surface area contributed by atoms with Crippen LogP contribution in [0.25, 0.3) is 0 Å². The Labute approximate surface area is 125 Å². The van der Waals surface area contributed by atoms with E-state index >= 15 is 0 Å². The molecule has 0 radical (unpaired) electrons. The third-order valence-electron chi connectivity index (χ3n) is 4.48. The first kappa shape index (κ1) is 15.5. The molecule has 1 aromatic rings. The fraction of sp³-hybridized carbons (Fsp3) is 0.733. The summed E-state index contributed by atoms with van der Waals surface area (Å²) in [6, 6.07) is 0. The maximum absolute atomic E-state index is 12.4. The molecular weight excluding hydrogens is 274 g/mol. The van der Waals surface area contributed by atoms with Crippen LogP contribution >= 0.6 is 11.6 Å². The van der Waals surface area contributed by atoms with Gasteiger partial charge in [-0.3, -0.25) is 9.48 Å². The van der Waals surface area contributed by atoms with Gasteiger partial charge < -0.3 is 5.73 Å². The van der Waals surface area contributed by atoms with Crippen LogP contribution in [0.2, 0.25) is 5.02 Å². The molecule has 0 bridgehead atoms. The van der Waals surface area contributed by atoms with E-state index in [9.17, 15) is 4.79 Å². The minimum atomic E-state index is 0.175. The molecule has 0 saturated heterocycles. The molecule has 1 aliphatic rings. The summed E-state index contributed by atoms with van der Waals surface area (Å²) >= 11 is 6.31. The number of hydrogen-bond donors (Lipinski definition) is 1. The Morgan fingerprint density at radius 2 is 2.05 bits per heavy atom. The monoisotopic (exact) mass is 297 g/mol. The number of nitrogens with two attached hydrogens (primary N) is 1. The molecule has 20 heavy (non-hydrogen) atoms. The number of Topliss-reactive ketones (excluding diaryl/α,β-unsaturated/α-hetero) is 1. The smallest absolute Gasteiger partial charge is 0.141 e. The average molecular weight is 298 g/mol. The van der Waals surface area contributed by atoms with E-state index in [1.54, 1.807) is 4.68 Å². The van der Waals surface area contributed by atoms with E-state index in [4.69, 9.17) is 17.3 Å². The highest BCUT2D eigenvalue weighted by Gasteiger charge is 2.27. The van der Waals surface area contributed by atoms with Gasteiger partial charge in [0, 0.05) is 13.0 Å². The Morgan fingerprint density at radius 1 is 1.40 bits per heavy atom. The van der Waals surface area contributed by atoms with E-state index in [-0.39, 0.29) is 5.92 Å². The first-order valence-electron chi connectivity index (χ1n) is 7.49. The molecule has 5 heteroatoms. The number of halogens is 1. The van der Waals surface area contributed by atoms with Gasteiger partial charge in [0.2, 0.25) is 0 Å². The first-order chi connectivity index (χ1) is 9.56. The van der Waals surface area contributed by atoms with Crippen molar-refractivity contribution in [3.63, 3.8) is 0 Å². The number of aromatic nitrogens is 2. The summed E-state index contributed by atoms with van der Waals surface area (Å²) in [7, 11) is 1.86. The van der Waals surface area contributed by atoms with Crippen LogP contribution in [0, 0.1) is 11.8 Å². The number of hydrogen-bond acceptors (Lipinski definition) is 3. The van der Waals surface area contributed by atoms with Crippen LogP contribution in [-0.4, -0.2) is 22.1 Å². The third-order valence-corrected chi connectivity index (χ3v) is 4.92. The molecule has 4 nitrogen and oxygen atoms in total. The lowest BCUT2D eigenvalue weighted by atomic mass is 9.79. The molecule has 1 saturated carbocycles. The summed E-state index contributed by atoms with van der Waals surface area (Å²) in [6.07, 6.45) is 5.29. The zero-order valence-electron chi connectivity index (χ0n) is 12.4. The minimum Gasteiger partial charge on any atom is -0.330 e. The maximum Gasteiger partial charge on any atom is 0.141 e. The molecule has 112 valence electrons. The van der Waals surface area contributed by atoms with Crippen LogP contribution in [-0.2, 0) is 24.7 Å². The zero-order chi connectivity index (χ0) is 14.7. The quantitative estimate of drug-likeness (QED) is 0.908. The van der Waals surface area contributed by atoms with Crippen molar-refractivity contribution < 1.29 is 4.79 Å². The summed E-state index contributed by atoms with van der Waals surface area (Å²) in [4.78, 5) is 12.4. The van der Waals surface area contributed by atoms with Gasteiger partial charge in [-0.2, -0.15) is 5.10 Å². The predicted octanol–water partition coefficient (Wildman–Crippen LogP) is 2.51. The highest BCUT2D eigenvalue weighted by atomic mass is 35.5. The maximum atomic E-state index is 12.4. The second-order valence-electron chi connectivity index (χ2n) is 5.78. The fourth-order valence-corrected chi connectivity index (χ4v) is 3.40. The van der Waals surface area contributed by atoms with Gasteiger partial charge >= 0.3 is 0 Å². The fourth-order valence-electron chi connectivity index (χ4n) is 3.04. The van der Waals surface area contributed by atoms with Gasteiger partial charge in [0.25, 0.3) is 0 Å². The van der Waals surface area contributed by atoms with Crippen molar-refractivity contribution in [2.45, 2.75) is 45.4 Å². The normalized spacial score (nSPS) is 23.0. The van der Waals surface area contributed by atoms with E-state index < -0.39 is 0 Å². The molecule has 0 aromatic carbocycles. The molecule has 1 aromatic heterocycles. The van der Waals surface area contributed by atoms with Crippen molar-refractivity contribution in [2.75, 3.05) is 6.54 Å². The second-order valence-corrected chi connectivity index (χ2v) is 6.16. The molecular formula is C15H24ClN3O. The number of carbonyl (C=O) groups excluding carboxylic acids is 1. The van der Waals surface area contributed by atoms with Gasteiger partial charge in [0.1, 0.15) is 5.78 Å². The lowest BCUT2D eigenvalue weighted by molar-refractivity contribution is -0.123. The van der Waals surface area contributed by atoms with Gasteiger partial charge in [0.15, 0.2) is 0 Å². The SMILES string of the molecule is CCc1nn(C)c(CC(=O)C2CCC(CN)CC2)c1Cl. The molecule has 0 spiro atoms. The van der Waals surface area contributed by atoms with E-state index in [1.807, 2.05) is 14.0 Å². The number of carbonyl (C=O) groups is 1. The van der Waals surface area contributed by atoms with Gasteiger partial charge in [-0.05, 0) is 44.6 Å². The van der Waals surface area contributed by atoms with Crippen molar-refractivity contribution in [1.29, 1.82) is 0 Å². The molecule has 1 heterocycles. The summed E-state index contributed by atoms with van der Waals surface area (Å²) in [5.41, 5.74) is 7.43. The number of ketones is 1. The lowest BCUT2D eigenvalue weighted by Gasteiger charge is -2.26. The van der Waals surface area contributed by atoms with Crippen LogP contribution in [0.4, 0.5) is 0 Å². The Balaban J connectivity index is 2.00. The van der Waals surface area contributed by atoms with E-state index in [0.717, 1.165) is 50.0 Å². The van der Waals surface area contributed by atoms with Crippen molar-refractivity contribution in [3.05, 3.63) is 16.4 Å². The molecule has 2 rings (SSSR count). The summed E-state index contributed by atoms with van der Waals surface area (Å²) in [5, 5.41) is 5.03. The molecule has 1 aliphatic carbocycles. The highest BCUT2D eigenvalue weighted by molar-refractivity contribution is 6.32. The van der Waals surface area contributed by atoms with E-state index in [0.29, 0.717) is 23.1 Å². The number of aryl methyl sites for hydroxylation is 2. The Bertz CT molecular complexity index is 476. The molecule has 0 unspecified atom stereocenters. The highest BCUT2D eigenvalue weighted by Crippen LogP contribution is 2.30. The van der Waals surface area contributed by atoms with Crippen LogP contribution in [0.1, 0.15) is 44.0 Å². The van der Waals surface area contributed by atoms with Crippen molar-refractivity contribution in [1.82, 2.24) is 9.78 Å². The van der Waals surface area contributed by atoms with Crippen molar-refractivity contribution in [2.24, 2.45) is 24.6 Å². The molecule has 0 aliphatic heterocycles. The van der Waals surface area contributed by atoms with Gasteiger partial charge in [-0.15, -0.1) is 0 Å². The Hall–Kier alpha value is -0.870. The minimum absolute atomic E-state index is 0.175. The van der Waals surface area contributed by atoms with E-state index in [1.165, 1.54) is 0 Å². The number of nitrogens with zero attached hydrogens (tertiary/aromatic N) is 2. The second kappa shape index (κ2) is 6.72. The lowest BCUT2D eigenvalue weighted by Crippen LogP contribution is -2.27.